The van der Waals surface area contributed by atoms with Gasteiger partial charge in [-0.1, -0.05) is 42.5 Å². The molecule has 7 heteroatoms. The van der Waals surface area contributed by atoms with Gasteiger partial charge in [0.1, 0.15) is 5.82 Å². The van der Waals surface area contributed by atoms with Crippen molar-refractivity contribution in [3.05, 3.63) is 101 Å². The van der Waals surface area contributed by atoms with Gasteiger partial charge in [-0.3, -0.25) is 14.5 Å². The number of carbonyl (C=O) groups is 2. The fourth-order valence-electron chi connectivity index (χ4n) is 3.59. The second-order valence-electron chi connectivity index (χ2n) is 8.24. The zero-order valence-corrected chi connectivity index (χ0v) is 19.1. The van der Waals surface area contributed by atoms with E-state index < -0.39 is 0 Å². The fourth-order valence-corrected chi connectivity index (χ4v) is 3.59. The highest BCUT2D eigenvalue weighted by molar-refractivity contribution is 6.09. The number of halogens is 1. The van der Waals surface area contributed by atoms with E-state index in [-0.39, 0.29) is 29.9 Å². The van der Waals surface area contributed by atoms with E-state index in [1.54, 1.807) is 66.7 Å². The van der Waals surface area contributed by atoms with Crippen molar-refractivity contribution in [1.29, 1.82) is 0 Å². The number of anilines is 1. The molecule has 0 saturated carbocycles. The third-order valence-corrected chi connectivity index (χ3v) is 5.43. The molecule has 0 radical (unpaired) electrons. The van der Waals surface area contributed by atoms with Crippen molar-refractivity contribution in [2.24, 2.45) is 0 Å². The number of hydrogen-bond donors (Lipinski definition) is 1. The van der Waals surface area contributed by atoms with Crippen LogP contribution >= 0.6 is 0 Å². The SMILES string of the molecule is CN(C)CCNC(=O)c1ccc(/C=C2\Oc3ccccc3N(Cc3ccccc3F)C2=O)cc1. The molecular weight excluding hydrogens is 433 g/mol. The molecule has 6 nitrogen and oxygen atoms in total. The van der Waals surface area contributed by atoms with Gasteiger partial charge in [-0.05, 0) is 56.1 Å². The Morgan fingerprint density at radius 1 is 1.03 bits per heavy atom. The lowest BCUT2D eigenvalue weighted by Crippen LogP contribution is -2.37. The molecule has 0 saturated heterocycles. The molecule has 1 N–H and O–H groups in total. The molecule has 1 heterocycles. The largest absolute Gasteiger partial charge is 0.449 e. The van der Waals surface area contributed by atoms with E-state index in [0.29, 0.717) is 34.7 Å². The third-order valence-electron chi connectivity index (χ3n) is 5.43. The van der Waals surface area contributed by atoms with E-state index >= 15 is 0 Å². The molecule has 0 spiro atoms. The van der Waals surface area contributed by atoms with E-state index in [9.17, 15) is 14.0 Å². The monoisotopic (exact) mass is 459 g/mol. The van der Waals surface area contributed by atoms with Gasteiger partial charge in [-0.25, -0.2) is 4.39 Å². The van der Waals surface area contributed by atoms with Gasteiger partial charge in [0.25, 0.3) is 11.8 Å². The average molecular weight is 460 g/mol. The molecule has 0 aliphatic carbocycles. The molecule has 0 bridgehead atoms. The predicted octanol–water partition coefficient (Wildman–Crippen LogP) is 4.08. The van der Waals surface area contributed by atoms with Crippen molar-refractivity contribution in [3.8, 4) is 5.75 Å². The summed E-state index contributed by atoms with van der Waals surface area (Å²) in [6.07, 6.45) is 1.63. The molecule has 1 aliphatic heterocycles. The average Bonchev–Trinajstić information content (AvgIpc) is 2.83. The number of likely N-dealkylation sites (N-methyl/N-ethyl adjacent to an activating group) is 1. The van der Waals surface area contributed by atoms with Crippen molar-refractivity contribution < 1.29 is 18.7 Å². The van der Waals surface area contributed by atoms with Crippen molar-refractivity contribution in [2.75, 3.05) is 32.1 Å². The Bertz CT molecular complexity index is 1220. The maximum Gasteiger partial charge on any atom is 0.294 e. The maximum atomic E-state index is 14.3. The Labute approximate surface area is 198 Å². The summed E-state index contributed by atoms with van der Waals surface area (Å²) in [5.74, 6) is -0.257. The van der Waals surface area contributed by atoms with Crippen LogP contribution in [0.15, 0.2) is 78.6 Å². The molecule has 0 fully saturated rings. The second-order valence-corrected chi connectivity index (χ2v) is 8.24. The molecule has 2 amide bonds. The first-order valence-corrected chi connectivity index (χ1v) is 11.0. The first-order valence-electron chi connectivity index (χ1n) is 11.0. The van der Waals surface area contributed by atoms with E-state index in [2.05, 4.69) is 5.32 Å². The van der Waals surface area contributed by atoms with Crippen LogP contribution in [0.25, 0.3) is 6.08 Å². The number of hydrogen-bond acceptors (Lipinski definition) is 4. The molecule has 34 heavy (non-hydrogen) atoms. The van der Waals surface area contributed by atoms with E-state index in [1.165, 1.54) is 11.0 Å². The lowest BCUT2D eigenvalue weighted by molar-refractivity contribution is -0.117. The second kappa shape index (κ2) is 10.3. The molecule has 174 valence electrons. The summed E-state index contributed by atoms with van der Waals surface area (Å²) in [6, 6.07) is 20.5. The van der Waals surface area contributed by atoms with E-state index in [1.807, 2.05) is 25.1 Å². The summed E-state index contributed by atoms with van der Waals surface area (Å²) in [7, 11) is 3.89. The number of rotatable bonds is 7. The Balaban J connectivity index is 1.56. The van der Waals surface area contributed by atoms with Crippen LogP contribution < -0.4 is 15.0 Å². The minimum absolute atomic E-state index is 0.0786. The van der Waals surface area contributed by atoms with Crippen LogP contribution in [0.2, 0.25) is 0 Å². The predicted molar refractivity (Wildman–Crippen MR) is 130 cm³/mol. The molecule has 0 unspecified atom stereocenters. The number of nitrogens with zero attached hydrogens (tertiary/aromatic N) is 2. The summed E-state index contributed by atoms with van der Waals surface area (Å²) < 4.78 is 20.2. The van der Waals surface area contributed by atoms with Crippen LogP contribution in [-0.2, 0) is 11.3 Å². The third kappa shape index (κ3) is 5.32. The highest BCUT2D eigenvalue weighted by Crippen LogP contribution is 2.36. The maximum absolute atomic E-state index is 14.3. The highest BCUT2D eigenvalue weighted by atomic mass is 19.1. The zero-order chi connectivity index (χ0) is 24.1. The standard InChI is InChI=1S/C27H26FN3O3/c1-30(2)16-15-29-26(32)20-13-11-19(12-14-20)17-25-27(33)31(18-21-7-3-4-8-22(21)28)23-9-5-6-10-24(23)34-25/h3-14,17H,15-16,18H2,1-2H3,(H,29,32)/b25-17-. The van der Waals surface area contributed by atoms with Crippen LogP contribution in [0.4, 0.5) is 10.1 Å². The number of ether oxygens (including phenoxy) is 1. The quantitative estimate of drug-likeness (QED) is 0.541. The number of carbonyl (C=O) groups excluding carboxylic acids is 2. The molecule has 4 rings (SSSR count). The topological polar surface area (TPSA) is 61.9 Å². The van der Waals surface area contributed by atoms with Crippen molar-refractivity contribution >= 4 is 23.6 Å². The zero-order valence-electron chi connectivity index (χ0n) is 19.1. The summed E-state index contributed by atoms with van der Waals surface area (Å²) in [6.45, 7) is 1.38. The molecule has 1 aliphatic rings. The number of nitrogens with one attached hydrogen (secondary N) is 1. The minimum atomic E-state index is -0.371. The van der Waals surface area contributed by atoms with Crippen LogP contribution in [0.5, 0.6) is 5.75 Å². The van der Waals surface area contributed by atoms with E-state index in [4.69, 9.17) is 4.74 Å². The molecule has 3 aromatic rings. The van der Waals surface area contributed by atoms with Crippen molar-refractivity contribution in [1.82, 2.24) is 10.2 Å². The lowest BCUT2D eigenvalue weighted by atomic mass is 10.1. The summed E-state index contributed by atoms with van der Waals surface area (Å²) in [4.78, 5) is 29.1. The van der Waals surface area contributed by atoms with Gasteiger partial charge >= 0.3 is 0 Å². The lowest BCUT2D eigenvalue weighted by Gasteiger charge is -2.30. The van der Waals surface area contributed by atoms with Gasteiger partial charge in [-0.2, -0.15) is 0 Å². The Kier molecular flexibility index (Phi) is 7.04. The Morgan fingerprint density at radius 2 is 1.74 bits per heavy atom. The first-order chi connectivity index (χ1) is 16.4. The molecule has 3 aromatic carbocycles. The van der Waals surface area contributed by atoms with Crippen LogP contribution in [0.1, 0.15) is 21.5 Å². The van der Waals surface area contributed by atoms with Crippen LogP contribution in [-0.4, -0.2) is 43.9 Å². The van der Waals surface area contributed by atoms with Gasteiger partial charge in [0.2, 0.25) is 0 Å². The summed E-state index contributed by atoms with van der Waals surface area (Å²) >= 11 is 0. The number of fused-ring (bicyclic) bond motifs is 1. The normalized spacial score (nSPS) is 14.2. The van der Waals surface area contributed by atoms with Gasteiger partial charge < -0.3 is 15.0 Å². The van der Waals surface area contributed by atoms with Gasteiger partial charge in [0, 0.05) is 24.2 Å². The Hall–Kier alpha value is -3.97. The molecular formula is C27H26FN3O3. The van der Waals surface area contributed by atoms with Gasteiger partial charge in [0.15, 0.2) is 11.5 Å². The van der Waals surface area contributed by atoms with Crippen LogP contribution in [0.3, 0.4) is 0 Å². The number of para-hydroxylation sites is 2. The fraction of sp³-hybridized carbons (Fsp3) is 0.185. The summed E-state index contributed by atoms with van der Waals surface area (Å²) in [5, 5.41) is 2.87. The molecule has 0 aromatic heterocycles. The highest BCUT2D eigenvalue weighted by Gasteiger charge is 2.30. The van der Waals surface area contributed by atoms with Gasteiger partial charge in [-0.15, -0.1) is 0 Å². The summed E-state index contributed by atoms with van der Waals surface area (Å²) in [5.41, 5.74) is 2.23. The first kappa shape index (κ1) is 23.2. The van der Waals surface area contributed by atoms with Crippen molar-refractivity contribution in [3.63, 3.8) is 0 Å². The number of benzene rings is 3. The molecule has 0 atom stereocenters. The van der Waals surface area contributed by atoms with Crippen LogP contribution in [0, 0.1) is 5.82 Å². The smallest absolute Gasteiger partial charge is 0.294 e. The van der Waals surface area contributed by atoms with Crippen molar-refractivity contribution in [2.45, 2.75) is 6.54 Å². The Morgan fingerprint density at radius 3 is 2.47 bits per heavy atom. The minimum Gasteiger partial charge on any atom is -0.449 e. The number of amides is 2. The van der Waals surface area contributed by atoms with E-state index in [0.717, 1.165) is 6.54 Å². The van der Waals surface area contributed by atoms with Gasteiger partial charge in [0.05, 0.1) is 12.2 Å².